The standard InChI is InChI=1S/C20H16N2O2/c1-24-19-11-17-16(14-4-2-3-5-15(14)19)10-18(22-17)20(23)12-6-8-13(21)9-7-12/h2-11,22H,21H2,1H3. The maximum absolute atomic E-state index is 12.7. The molecule has 0 saturated heterocycles. The Morgan fingerprint density at radius 3 is 2.38 bits per heavy atom. The van der Waals surface area contributed by atoms with Crippen LogP contribution < -0.4 is 10.5 Å². The monoisotopic (exact) mass is 316 g/mol. The maximum Gasteiger partial charge on any atom is 0.209 e. The first kappa shape index (κ1) is 14.3. The maximum atomic E-state index is 12.7. The Balaban J connectivity index is 1.91. The first-order valence-electron chi connectivity index (χ1n) is 7.66. The average Bonchev–Trinajstić information content (AvgIpc) is 3.05. The van der Waals surface area contributed by atoms with Crippen molar-refractivity contribution in [1.82, 2.24) is 4.98 Å². The number of fused-ring (bicyclic) bond motifs is 3. The molecule has 0 fully saturated rings. The Kier molecular flexibility index (Phi) is 3.24. The third-order valence-electron chi connectivity index (χ3n) is 4.24. The Morgan fingerprint density at radius 1 is 0.958 bits per heavy atom. The number of methoxy groups -OCH3 is 1. The van der Waals surface area contributed by atoms with Gasteiger partial charge >= 0.3 is 0 Å². The normalized spacial score (nSPS) is 11.0. The predicted octanol–water partition coefficient (Wildman–Crippen LogP) is 4.14. The zero-order chi connectivity index (χ0) is 16.7. The molecule has 0 saturated carbocycles. The lowest BCUT2D eigenvalue weighted by Gasteiger charge is -2.06. The molecule has 0 amide bonds. The number of aromatic nitrogens is 1. The largest absolute Gasteiger partial charge is 0.496 e. The minimum absolute atomic E-state index is 0.0609. The van der Waals surface area contributed by atoms with E-state index >= 15 is 0 Å². The van der Waals surface area contributed by atoms with Crippen LogP contribution in [0.4, 0.5) is 5.69 Å². The van der Waals surface area contributed by atoms with Gasteiger partial charge in [-0.2, -0.15) is 0 Å². The molecule has 0 spiro atoms. The Labute approximate surface area is 138 Å². The number of nitrogens with one attached hydrogen (secondary N) is 1. The van der Waals surface area contributed by atoms with E-state index in [-0.39, 0.29) is 5.78 Å². The second kappa shape index (κ2) is 5.42. The van der Waals surface area contributed by atoms with Crippen molar-refractivity contribution in [1.29, 1.82) is 0 Å². The number of hydrogen-bond donors (Lipinski definition) is 2. The van der Waals surface area contributed by atoms with Gasteiger partial charge in [-0.25, -0.2) is 0 Å². The highest BCUT2D eigenvalue weighted by Gasteiger charge is 2.15. The number of rotatable bonds is 3. The van der Waals surface area contributed by atoms with Crippen LogP contribution in [0, 0.1) is 0 Å². The molecule has 4 heteroatoms. The number of hydrogen-bond acceptors (Lipinski definition) is 3. The topological polar surface area (TPSA) is 68.1 Å². The van der Waals surface area contributed by atoms with E-state index in [1.807, 2.05) is 36.4 Å². The van der Waals surface area contributed by atoms with Gasteiger partial charge in [0.2, 0.25) is 5.78 Å². The van der Waals surface area contributed by atoms with Crippen molar-refractivity contribution in [2.45, 2.75) is 0 Å². The summed E-state index contributed by atoms with van der Waals surface area (Å²) in [6, 6.07) is 18.8. The van der Waals surface area contributed by atoms with Gasteiger partial charge in [-0.15, -0.1) is 0 Å². The van der Waals surface area contributed by atoms with E-state index in [2.05, 4.69) is 4.98 Å². The van der Waals surface area contributed by atoms with Crippen LogP contribution in [-0.2, 0) is 0 Å². The molecule has 0 radical (unpaired) electrons. The molecule has 1 aromatic heterocycles. The van der Waals surface area contributed by atoms with Gasteiger partial charge in [-0.05, 0) is 35.7 Å². The Hall–Kier alpha value is -3.27. The van der Waals surface area contributed by atoms with Crippen LogP contribution in [0.5, 0.6) is 5.75 Å². The molecule has 24 heavy (non-hydrogen) atoms. The molecule has 118 valence electrons. The van der Waals surface area contributed by atoms with Crippen molar-refractivity contribution in [3.05, 3.63) is 71.9 Å². The van der Waals surface area contributed by atoms with Crippen molar-refractivity contribution in [3.63, 3.8) is 0 Å². The molecule has 0 aliphatic carbocycles. The molecule has 4 nitrogen and oxygen atoms in total. The molecule has 3 aromatic carbocycles. The number of nitrogens with two attached hydrogens (primary N) is 1. The lowest BCUT2D eigenvalue weighted by Crippen LogP contribution is -2.01. The van der Waals surface area contributed by atoms with Gasteiger partial charge in [0.25, 0.3) is 0 Å². The van der Waals surface area contributed by atoms with E-state index in [1.165, 1.54) is 0 Å². The minimum atomic E-state index is -0.0609. The third-order valence-corrected chi connectivity index (χ3v) is 4.24. The quantitative estimate of drug-likeness (QED) is 0.441. The number of nitrogen functional groups attached to an aromatic ring is 1. The molecular formula is C20H16N2O2. The number of H-pyrrole nitrogens is 1. The zero-order valence-corrected chi connectivity index (χ0v) is 13.2. The van der Waals surface area contributed by atoms with E-state index in [1.54, 1.807) is 31.4 Å². The van der Waals surface area contributed by atoms with Crippen molar-refractivity contribution in [3.8, 4) is 5.75 Å². The van der Waals surface area contributed by atoms with E-state index in [9.17, 15) is 4.79 Å². The number of anilines is 1. The summed E-state index contributed by atoms with van der Waals surface area (Å²) in [4.78, 5) is 15.9. The highest BCUT2D eigenvalue weighted by atomic mass is 16.5. The fourth-order valence-electron chi connectivity index (χ4n) is 3.03. The lowest BCUT2D eigenvalue weighted by molar-refractivity contribution is 0.103. The smallest absolute Gasteiger partial charge is 0.209 e. The summed E-state index contributed by atoms with van der Waals surface area (Å²) >= 11 is 0. The second-order valence-corrected chi connectivity index (χ2v) is 5.72. The first-order chi connectivity index (χ1) is 11.7. The Bertz CT molecular complexity index is 1060. The summed E-state index contributed by atoms with van der Waals surface area (Å²) in [5, 5.41) is 3.09. The summed E-state index contributed by atoms with van der Waals surface area (Å²) in [7, 11) is 1.65. The van der Waals surface area contributed by atoms with Crippen LogP contribution in [0.15, 0.2) is 60.7 Å². The molecule has 0 aliphatic rings. The summed E-state index contributed by atoms with van der Waals surface area (Å²) in [5.74, 6) is 0.723. The van der Waals surface area contributed by atoms with E-state index < -0.39 is 0 Å². The number of carbonyl (C=O) groups excluding carboxylic acids is 1. The van der Waals surface area contributed by atoms with Gasteiger partial charge in [0.05, 0.1) is 18.3 Å². The van der Waals surface area contributed by atoms with Crippen LogP contribution in [0.3, 0.4) is 0 Å². The molecular weight excluding hydrogens is 300 g/mol. The molecule has 1 heterocycles. The fourth-order valence-corrected chi connectivity index (χ4v) is 3.03. The van der Waals surface area contributed by atoms with E-state index in [0.29, 0.717) is 16.9 Å². The number of ether oxygens (including phenoxy) is 1. The fraction of sp³-hybridized carbons (Fsp3) is 0.0500. The molecule has 0 atom stereocenters. The summed E-state index contributed by atoms with van der Waals surface area (Å²) in [6.07, 6.45) is 0. The first-order valence-corrected chi connectivity index (χ1v) is 7.66. The van der Waals surface area contributed by atoms with Gasteiger partial charge in [-0.1, -0.05) is 24.3 Å². The Morgan fingerprint density at radius 2 is 1.67 bits per heavy atom. The van der Waals surface area contributed by atoms with Crippen LogP contribution in [0.1, 0.15) is 16.1 Å². The van der Waals surface area contributed by atoms with Gasteiger partial charge in [0.1, 0.15) is 5.75 Å². The summed E-state index contributed by atoms with van der Waals surface area (Å²) < 4.78 is 5.48. The predicted molar refractivity (Wildman–Crippen MR) is 96.6 cm³/mol. The highest BCUT2D eigenvalue weighted by molar-refractivity contribution is 6.15. The van der Waals surface area contributed by atoms with E-state index in [4.69, 9.17) is 10.5 Å². The van der Waals surface area contributed by atoms with Gasteiger partial charge in [0.15, 0.2) is 0 Å². The SMILES string of the molecule is COc1cc2[nH]c(C(=O)c3ccc(N)cc3)cc2c2ccccc12. The highest BCUT2D eigenvalue weighted by Crippen LogP contribution is 2.33. The number of ketones is 1. The molecule has 0 bridgehead atoms. The van der Waals surface area contributed by atoms with Gasteiger partial charge in [0, 0.05) is 28.1 Å². The zero-order valence-electron chi connectivity index (χ0n) is 13.2. The minimum Gasteiger partial charge on any atom is -0.496 e. The third kappa shape index (κ3) is 2.20. The lowest BCUT2D eigenvalue weighted by atomic mass is 10.0. The van der Waals surface area contributed by atoms with Crippen molar-refractivity contribution < 1.29 is 9.53 Å². The second-order valence-electron chi connectivity index (χ2n) is 5.72. The molecule has 4 aromatic rings. The van der Waals surface area contributed by atoms with Gasteiger partial charge in [-0.3, -0.25) is 4.79 Å². The van der Waals surface area contributed by atoms with Crippen LogP contribution in [0.2, 0.25) is 0 Å². The van der Waals surface area contributed by atoms with Crippen molar-refractivity contribution >= 4 is 33.1 Å². The number of aromatic amines is 1. The van der Waals surface area contributed by atoms with Gasteiger partial charge < -0.3 is 15.5 Å². The summed E-state index contributed by atoms with van der Waals surface area (Å²) in [6.45, 7) is 0. The van der Waals surface area contributed by atoms with Crippen LogP contribution >= 0.6 is 0 Å². The van der Waals surface area contributed by atoms with Crippen molar-refractivity contribution in [2.24, 2.45) is 0 Å². The van der Waals surface area contributed by atoms with Crippen LogP contribution in [0.25, 0.3) is 21.7 Å². The molecule has 4 rings (SSSR count). The molecule has 0 aliphatic heterocycles. The summed E-state index contributed by atoms with van der Waals surface area (Å²) in [5.41, 5.74) is 8.36. The molecule has 0 unspecified atom stereocenters. The number of carbonyl (C=O) groups is 1. The number of benzene rings is 3. The van der Waals surface area contributed by atoms with E-state index in [0.717, 1.165) is 27.4 Å². The average molecular weight is 316 g/mol. The molecule has 3 N–H and O–H groups in total. The van der Waals surface area contributed by atoms with Crippen LogP contribution in [-0.4, -0.2) is 17.9 Å². The van der Waals surface area contributed by atoms with Crippen molar-refractivity contribution in [2.75, 3.05) is 12.8 Å².